The lowest BCUT2D eigenvalue weighted by molar-refractivity contribution is 0.141. The van der Waals surface area contributed by atoms with Crippen LogP contribution < -0.4 is 4.74 Å². The van der Waals surface area contributed by atoms with Crippen LogP contribution in [-0.4, -0.2) is 16.1 Å². The molecule has 0 aromatic carbocycles. The maximum absolute atomic E-state index is 5.79. The molecular weight excluding hydrogens is 188 g/mol. The van der Waals surface area contributed by atoms with Crippen LogP contribution in [0.3, 0.4) is 0 Å². The standard InChI is InChI=1S/C12H18N2O/c1-9-8-10(2)14-12(13-9)15-11-6-4-3-5-7-11/h8,11H,3-7H2,1-2H3. The van der Waals surface area contributed by atoms with Crippen LogP contribution in [0.2, 0.25) is 0 Å². The number of nitrogens with zero attached hydrogens (tertiary/aromatic N) is 2. The van der Waals surface area contributed by atoms with Crippen molar-refractivity contribution in [2.75, 3.05) is 0 Å². The first-order valence-corrected chi connectivity index (χ1v) is 5.73. The fraction of sp³-hybridized carbons (Fsp3) is 0.667. The van der Waals surface area contributed by atoms with Gasteiger partial charge in [0.1, 0.15) is 6.10 Å². The second-order valence-electron chi connectivity index (χ2n) is 4.31. The average Bonchev–Trinajstić information content (AvgIpc) is 2.17. The maximum atomic E-state index is 5.79. The molecule has 0 atom stereocenters. The molecule has 0 saturated heterocycles. The molecule has 0 aliphatic heterocycles. The molecule has 0 radical (unpaired) electrons. The molecule has 15 heavy (non-hydrogen) atoms. The van der Waals surface area contributed by atoms with E-state index in [-0.39, 0.29) is 0 Å². The first kappa shape index (κ1) is 10.4. The molecule has 1 fully saturated rings. The van der Waals surface area contributed by atoms with E-state index < -0.39 is 0 Å². The highest BCUT2D eigenvalue weighted by Crippen LogP contribution is 2.21. The van der Waals surface area contributed by atoms with Gasteiger partial charge in [0.05, 0.1) is 0 Å². The van der Waals surface area contributed by atoms with Crippen LogP contribution >= 0.6 is 0 Å². The highest BCUT2D eigenvalue weighted by atomic mass is 16.5. The van der Waals surface area contributed by atoms with Gasteiger partial charge in [-0.05, 0) is 45.6 Å². The maximum Gasteiger partial charge on any atom is 0.317 e. The van der Waals surface area contributed by atoms with Gasteiger partial charge in [0, 0.05) is 11.4 Å². The van der Waals surface area contributed by atoms with Crippen LogP contribution in [0, 0.1) is 13.8 Å². The quantitative estimate of drug-likeness (QED) is 0.746. The largest absolute Gasteiger partial charge is 0.460 e. The van der Waals surface area contributed by atoms with Gasteiger partial charge in [0.15, 0.2) is 0 Å². The van der Waals surface area contributed by atoms with E-state index in [1.165, 1.54) is 19.3 Å². The Hall–Kier alpha value is -1.12. The molecule has 82 valence electrons. The van der Waals surface area contributed by atoms with Crippen molar-refractivity contribution >= 4 is 0 Å². The van der Waals surface area contributed by atoms with Gasteiger partial charge in [-0.15, -0.1) is 0 Å². The number of ether oxygens (including phenoxy) is 1. The van der Waals surface area contributed by atoms with Gasteiger partial charge in [-0.1, -0.05) is 6.42 Å². The monoisotopic (exact) mass is 206 g/mol. The number of aromatic nitrogens is 2. The van der Waals surface area contributed by atoms with Crippen molar-refractivity contribution in [2.45, 2.75) is 52.1 Å². The van der Waals surface area contributed by atoms with Crippen LogP contribution in [0.15, 0.2) is 6.07 Å². The Morgan fingerprint density at radius 3 is 2.27 bits per heavy atom. The van der Waals surface area contributed by atoms with Crippen molar-refractivity contribution in [1.82, 2.24) is 9.97 Å². The van der Waals surface area contributed by atoms with Crippen molar-refractivity contribution in [1.29, 1.82) is 0 Å². The number of hydrogen-bond donors (Lipinski definition) is 0. The molecule has 0 amide bonds. The number of hydrogen-bond acceptors (Lipinski definition) is 3. The Kier molecular flexibility index (Phi) is 3.19. The van der Waals surface area contributed by atoms with Crippen LogP contribution in [0.5, 0.6) is 6.01 Å². The molecule has 0 unspecified atom stereocenters. The SMILES string of the molecule is Cc1cc(C)nc(OC2CCCCC2)n1. The van der Waals surface area contributed by atoms with Gasteiger partial charge in [0.2, 0.25) is 0 Å². The van der Waals surface area contributed by atoms with E-state index in [9.17, 15) is 0 Å². The van der Waals surface area contributed by atoms with Crippen molar-refractivity contribution in [3.05, 3.63) is 17.5 Å². The van der Waals surface area contributed by atoms with Gasteiger partial charge in [-0.25, -0.2) is 9.97 Å². The first-order chi connectivity index (χ1) is 7.24. The van der Waals surface area contributed by atoms with Crippen molar-refractivity contribution in [2.24, 2.45) is 0 Å². The lowest BCUT2D eigenvalue weighted by Gasteiger charge is -2.21. The Bertz CT molecular complexity index is 312. The van der Waals surface area contributed by atoms with Crippen molar-refractivity contribution in [3.63, 3.8) is 0 Å². The van der Waals surface area contributed by atoms with Gasteiger partial charge in [-0.3, -0.25) is 0 Å². The fourth-order valence-corrected chi connectivity index (χ4v) is 2.08. The highest BCUT2D eigenvalue weighted by molar-refractivity contribution is 5.11. The Balaban J connectivity index is 2.02. The molecule has 1 aliphatic carbocycles. The summed E-state index contributed by atoms with van der Waals surface area (Å²) in [5.74, 6) is 0. The predicted molar refractivity (Wildman–Crippen MR) is 59.0 cm³/mol. The van der Waals surface area contributed by atoms with Crippen LogP contribution in [0.25, 0.3) is 0 Å². The molecule has 3 heteroatoms. The molecule has 3 nitrogen and oxygen atoms in total. The fourth-order valence-electron chi connectivity index (χ4n) is 2.08. The average molecular weight is 206 g/mol. The summed E-state index contributed by atoms with van der Waals surface area (Å²) in [6, 6.07) is 2.52. The molecule has 1 aliphatic rings. The molecule has 1 saturated carbocycles. The van der Waals surface area contributed by atoms with E-state index in [1.807, 2.05) is 19.9 Å². The molecule has 1 aromatic rings. The number of rotatable bonds is 2. The summed E-state index contributed by atoms with van der Waals surface area (Å²) >= 11 is 0. The molecule has 1 heterocycles. The van der Waals surface area contributed by atoms with Crippen LogP contribution in [0.4, 0.5) is 0 Å². The van der Waals surface area contributed by atoms with E-state index in [1.54, 1.807) is 0 Å². The van der Waals surface area contributed by atoms with Gasteiger partial charge < -0.3 is 4.74 Å². The van der Waals surface area contributed by atoms with Gasteiger partial charge in [-0.2, -0.15) is 0 Å². The summed E-state index contributed by atoms with van der Waals surface area (Å²) in [5, 5.41) is 0. The van der Waals surface area contributed by atoms with Crippen LogP contribution in [-0.2, 0) is 0 Å². The highest BCUT2D eigenvalue weighted by Gasteiger charge is 2.16. The number of aryl methyl sites for hydroxylation is 2. The van der Waals surface area contributed by atoms with E-state index >= 15 is 0 Å². The molecule has 1 aromatic heterocycles. The molecule has 0 N–H and O–H groups in total. The third-order valence-corrected chi connectivity index (χ3v) is 2.79. The molecule has 2 rings (SSSR count). The summed E-state index contributed by atoms with van der Waals surface area (Å²) in [6.45, 7) is 3.95. The lowest BCUT2D eigenvalue weighted by Crippen LogP contribution is -2.21. The Labute approximate surface area is 90.9 Å². The Morgan fingerprint density at radius 2 is 1.67 bits per heavy atom. The minimum absolute atomic E-state index is 0.333. The third-order valence-electron chi connectivity index (χ3n) is 2.79. The normalized spacial score (nSPS) is 17.7. The van der Waals surface area contributed by atoms with Crippen LogP contribution in [0.1, 0.15) is 43.5 Å². The zero-order chi connectivity index (χ0) is 10.7. The third kappa shape index (κ3) is 2.91. The first-order valence-electron chi connectivity index (χ1n) is 5.73. The molecule has 0 bridgehead atoms. The summed E-state index contributed by atoms with van der Waals surface area (Å²) in [6.07, 6.45) is 6.52. The van der Waals surface area contributed by atoms with Gasteiger partial charge >= 0.3 is 6.01 Å². The minimum atomic E-state index is 0.333. The van der Waals surface area contributed by atoms with E-state index in [0.717, 1.165) is 24.2 Å². The van der Waals surface area contributed by atoms with Gasteiger partial charge in [0.25, 0.3) is 0 Å². The van der Waals surface area contributed by atoms with Crippen molar-refractivity contribution < 1.29 is 4.74 Å². The Morgan fingerprint density at radius 1 is 1.07 bits per heavy atom. The molecule has 0 spiro atoms. The second-order valence-corrected chi connectivity index (χ2v) is 4.31. The van der Waals surface area contributed by atoms with E-state index in [0.29, 0.717) is 12.1 Å². The zero-order valence-corrected chi connectivity index (χ0v) is 9.49. The molecular formula is C12H18N2O. The van der Waals surface area contributed by atoms with Crippen molar-refractivity contribution in [3.8, 4) is 6.01 Å². The summed E-state index contributed by atoms with van der Waals surface area (Å²) in [7, 11) is 0. The minimum Gasteiger partial charge on any atom is -0.460 e. The van der Waals surface area contributed by atoms with E-state index in [4.69, 9.17) is 4.74 Å². The predicted octanol–water partition coefficient (Wildman–Crippen LogP) is 2.80. The summed E-state index contributed by atoms with van der Waals surface area (Å²) in [5.41, 5.74) is 1.96. The zero-order valence-electron chi connectivity index (χ0n) is 9.49. The summed E-state index contributed by atoms with van der Waals surface area (Å²) < 4.78 is 5.79. The summed E-state index contributed by atoms with van der Waals surface area (Å²) in [4.78, 5) is 8.59. The second kappa shape index (κ2) is 4.60. The lowest BCUT2D eigenvalue weighted by atomic mass is 9.98. The smallest absolute Gasteiger partial charge is 0.317 e. The topological polar surface area (TPSA) is 35.0 Å². The van der Waals surface area contributed by atoms with E-state index in [2.05, 4.69) is 9.97 Å².